The maximum absolute atomic E-state index is 10.9. The molecule has 0 atom stereocenters. The van der Waals surface area contributed by atoms with Crippen molar-refractivity contribution in [3.05, 3.63) is 166 Å². The summed E-state index contributed by atoms with van der Waals surface area (Å²) in [6.45, 7) is 6.32. The summed E-state index contributed by atoms with van der Waals surface area (Å²) in [5.74, 6) is -0.830. The van der Waals surface area contributed by atoms with Crippen molar-refractivity contribution in [1.82, 2.24) is 0 Å². The maximum Gasteiger partial charge on any atom is 0.328 e. The van der Waals surface area contributed by atoms with Gasteiger partial charge in [0, 0.05) is 29.1 Å². The molecule has 3 nitrogen and oxygen atoms in total. The molecule has 0 fully saturated rings. The summed E-state index contributed by atoms with van der Waals surface area (Å²) in [6, 6.07) is 42.9. The van der Waals surface area contributed by atoms with Gasteiger partial charge in [-0.3, -0.25) is 0 Å². The van der Waals surface area contributed by atoms with Crippen LogP contribution in [0.25, 0.3) is 6.08 Å². The molecule has 1 N–H and O–H groups in total. The van der Waals surface area contributed by atoms with Gasteiger partial charge < -0.3 is 10.0 Å². The highest BCUT2D eigenvalue weighted by molar-refractivity contribution is 5.85. The van der Waals surface area contributed by atoms with Gasteiger partial charge in [-0.2, -0.15) is 0 Å². The van der Waals surface area contributed by atoms with Crippen LogP contribution in [0.15, 0.2) is 127 Å². The van der Waals surface area contributed by atoms with Gasteiger partial charge in [-0.25, -0.2) is 4.79 Å². The molecule has 5 aromatic rings. The molecule has 0 spiro atoms. The molecular weight excluding hydrogens is 490 g/mol. The Kier molecular flexibility index (Phi) is 7.93. The fourth-order valence-electron chi connectivity index (χ4n) is 4.95. The summed E-state index contributed by atoms with van der Waals surface area (Å²) in [7, 11) is 0. The Morgan fingerprint density at radius 2 is 0.875 bits per heavy atom. The molecule has 0 aliphatic heterocycles. The normalized spacial score (nSPS) is 11.2. The molecule has 0 bridgehead atoms. The van der Waals surface area contributed by atoms with Crippen molar-refractivity contribution in [1.29, 1.82) is 0 Å². The van der Waals surface area contributed by atoms with Crippen LogP contribution in [0.2, 0.25) is 0 Å². The van der Waals surface area contributed by atoms with Gasteiger partial charge in [0.1, 0.15) is 0 Å². The van der Waals surface area contributed by atoms with Gasteiger partial charge in [0.2, 0.25) is 0 Å². The van der Waals surface area contributed by atoms with Crippen molar-refractivity contribution in [3.63, 3.8) is 0 Å². The Labute approximate surface area is 236 Å². The lowest BCUT2D eigenvalue weighted by Crippen LogP contribution is -2.10. The number of carboxylic acids is 1. The summed E-state index contributed by atoms with van der Waals surface area (Å²) in [5, 5.41) is 8.97. The second-order valence-electron chi connectivity index (χ2n) is 10.3. The predicted octanol–water partition coefficient (Wildman–Crippen LogP) is 9.36. The summed E-state index contributed by atoms with van der Waals surface area (Å²) >= 11 is 0. The van der Waals surface area contributed by atoms with E-state index in [9.17, 15) is 4.79 Å². The van der Waals surface area contributed by atoms with Gasteiger partial charge in [0.15, 0.2) is 0 Å². The van der Waals surface area contributed by atoms with Crippen LogP contribution in [0.3, 0.4) is 0 Å². The molecule has 5 aromatic carbocycles. The van der Waals surface area contributed by atoms with Gasteiger partial charge in [-0.05, 0) is 85.5 Å². The highest BCUT2D eigenvalue weighted by Gasteiger charge is 2.18. The lowest BCUT2D eigenvalue weighted by molar-refractivity contribution is -0.131. The maximum atomic E-state index is 10.9. The summed E-state index contributed by atoms with van der Waals surface area (Å²) in [5.41, 5.74) is 11.4. The van der Waals surface area contributed by atoms with Gasteiger partial charge >= 0.3 is 5.97 Å². The first kappa shape index (κ1) is 26.7. The van der Waals surface area contributed by atoms with Crippen LogP contribution in [0.4, 0.5) is 17.1 Å². The zero-order chi connectivity index (χ0) is 28.1. The Morgan fingerprint density at radius 1 is 0.550 bits per heavy atom. The number of carbonyl (C=O) groups is 1. The van der Waals surface area contributed by atoms with Crippen molar-refractivity contribution < 1.29 is 9.90 Å². The standard InChI is InChI=1S/C37H33NO2/c1-26-4-13-30(14-5-26)37(31-15-6-27(2)7-16-31)32-17-23-35(24-18-32)38(33-19-8-28(3)9-20-33)34-21-10-29(11-22-34)12-25-36(39)40/h4-25,37H,1-3H3,(H,39,40)/b25-12+. The largest absolute Gasteiger partial charge is 0.478 e. The molecule has 0 saturated carbocycles. The smallest absolute Gasteiger partial charge is 0.328 e. The number of nitrogens with zero attached hydrogens (tertiary/aromatic N) is 1. The van der Waals surface area contributed by atoms with Crippen LogP contribution in [0.5, 0.6) is 0 Å². The molecule has 0 aliphatic rings. The predicted molar refractivity (Wildman–Crippen MR) is 166 cm³/mol. The van der Waals surface area contributed by atoms with Gasteiger partial charge in [0.25, 0.3) is 0 Å². The molecule has 0 saturated heterocycles. The second-order valence-corrected chi connectivity index (χ2v) is 10.3. The molecule has 5 rings (SSSR count). The van der Waals surface area contributed by atoms with Crippen LogP contribution in [0, 0.1) is 20.8 Å². The lowest BCUT2D eigenvalue weighted by atomic mass is 9.84. The molecular formula is C37H33NO2. The second kappa shape index (κ2) is 11.9. The third-order valence-corrected chi connectivity index (χ3v) is 7.17. The van der Waals surface area contributed by atoms with Gasteiger partial charge in [-0.1, -0.05) is 102 Å². The molecule has 0 radical (unpaired) electrons. The highest BCUT2D eigenvalue weighted by atomic mass is 16.4. The fraction of sp³-hybridized carbons (Fsp3) is 0.108. The molecule has 0 amide bonds. The van der Waals surface area contributed by atoms with Gasteiger partial charge in [0.05, 0.1) is 0 Å². The zero-order valence-corrected chi connectivity index (χ0v) is 23.1. The van der Waals surface area contributed by atoms with E-state index in [0.29, 0.717) is 0 Å². The van der Waals surface area contributed by atoms with Crippen molar-refractivity contribution in [2.24, 2.45) is 0 Å². The lowest BCUT2D eigenvalue weighted by Gasteiger charge is -2.27. The van der Waals surface area contributed by atoms with Crippen LogP contribution in [-0.4, -0.2) is 11.1 Å². The summed E-state index contributed by atoms with van der Waals surface area (Å²) < 4.78 is 0. The van der Waals surface area contributed by atoms with Gasteiger partial charge in [-0.15, -0.1) is 0 Å². The van der Waals surface area contributed by atoms with Crippen LogP contribution >= 0.6 is 0 Å². The van der Waals surface area contributed by atoms with Crippen LogP contribution in [0.1, 0.15) is 44.9 Å². The molecule has 0 heterocycles. The monoisotopic (exact) mass is 523 g/mol. The van der Waals surface area contributed by atoms with E-state index >= 15 is 0 Å². The molecule has 0 aromatic heterocycles. The van der Waals surface area contributed by atoms with Crippen molar-refractivity contribution in [2.45, 2.75) is 26.7 Å². The fourth-order valence-corrected chi connectivity index (χ4v) is 4.95. The summed E-state index contributed by atoms with van der Waals surface area (Å²) in [4.78, 5) is 13.2. The molecule has 0 unspecified atom stereocenters. The van der Waals surface area contributed by atoms with Crippen molar-refractivity contribution in [2.75, 3.05) is 4.90 Å². The average Bonchev–Trinajstić information content (AvgIpc) is 2.97. The Bertz CT molecular complexity index is 1550. The number of hydrogen-bond donors (Lipinski definition) is 1. The minimum absolute atomic E-state index is 0.128. The molecule has 40 heavy (non-hydrogen) atoms. The first-order valence-corrected chi connectivity index (χ1v) is 13.5. The minimum atomic E-state index is -0.958. The Hall–Kier alpha value is -4.89. The number of carboxylic acid groups (broad SMARTS) is 1. The van der Waals surface area contributed by atoms with E-state index < -0.39 is 5.97 Å². The summed E-state index contributed by atoms with van der Waals surface area (Å²) in [6.07, 6.45) is 2.76. The highest BCUT2D eigenvalue weighted by Crippen LogP contribution is 2.38. The number of aliphatic carboxylic acids is 1. The van der Waals surface area contributed by atoms with Crippen LogP contribution < -0.4 is 4.90 Å². The van der Waals surface area contributed by atoms with E-state index in [0.717, 1.165) is 28.7 Å². The van der Waals surface area contributed by atoms with E-state index in [1.807, 2.05) is 24.3 Å². The molecule has 3 heteroatoms. The average molecular weight is 524 g/mol. The number of rotatable bonds is 8. The first-order valence-electron chi connectivity index (χ1n) is 13.5. The minimum Gasteiger partial charge on any atom is -0.478 e. The third-order valence-electron chi connectivity index (χ3n) is 7.17. The van der Waals surface area contributed by atoms with E-state index in [1.54, 1.807) is 6.08 Å². The van der Waals surface area contributed by atoms with E-state index in [2.05, 4.69) is 123 Å². The Balaban J connectivity index is 1.55. The van der Waals surface area contributed by atoms with Crippen molar-refractivity contribution in [3.8, 4) is 0 Å². The molecule has 198 valence electrons. The topological polar surface area (TPSA) is 40.5 Å². The van der Waals surface area contributed by atoms with E-state index in [1.165, 1.54) is 33.4 Å². The third kappa shape index (κ3) is 6.22. The SMILES string of the molecule is Cc1ccc(C(c2ccc(C)cc2)c2ccc(N(c3ccc(C)cc3)c3ccc(/C=C/C(=O)O)cc3)cc2)cc1. The number of benzene rings is 5. The zero-order valence-electron chi connectivity index (χ0n) is 23.1. The van der Waals surface area contributed by atoms with Crippen molar-refractivity contribution >= 4 is 29.1 Å². The quantitative estimate of drug-likeness (QED) is 0.163. The van der Waals surface area contributed by atoms with Crippen LogP contribution in [-0.2, 0) is 4.79 Å². The number of anilines is 3. The molecule has 0 aliphatic carbocycles. The number of hydrogen-bond acceptors (Lipinski definition) is 2. The van der Waals surface area contributed by atoms with E-state index in [4.69, 9.17) is 5.11 Å². The first-order chi connectivity index (χ1) is 19.4. The number of aryl methyl sites for hydroxylation is 3. The van der Waals surface area contributed by atoms with E-state index in [-0.39, 0.29) is 5.92 Å². The Morgan fingerprint density at radius 3 is 1.27 bits per heavy atom.